The molecule has 0 bridgehead atoms. The number of carbonyl (C=O) groups is 3. The van der Waals surface area contributed by atoms with Crippen LogP contribution in [0.4, 0.5) is 5.69 Å². The molecule has 7 nitrogen and oxygen atoms in total. The van der Waals surface area contributed by atoms with Crippen LogP contribution in [0.5, 0.6) is 5.75 Å². The van der Waals surface area contributed by atoms with Crippen LogP contribution in [0.2, 0.25) is 0 Å². The lowest BCUT2D eigenvalue weighted by atomic mass is 10.1. The Labute approximate surface area is 161 Å². The van der Waals surface area contributed by atoms with Crippen molar-refractivity contribution in [3.8, 4) is 5.75 Å². The Balaban J connectivity index is 1.69. The minimum Gasteiger partial charge on any atom is -0.497 e. The average Bonchev–Trinajstić information content (AvgIpc) is 3.02. The summed E-state index contributed by atoms with van der Waals surface area (Å²) in [6, 6.07) is 11.8. The van der Waals surface area contributed by atoms with E-state index in [-0.39, 0.29) is 11.5 Å². The second-order valence-electron chi connectivity index (χ2n) is 6.14. The zero-order valence-electron chi connectivity index (χ0n) is 15.7. The topological polar surface area (TPSA) is 94.8 Å². The Morgan fingerprint density at radius 2 is 1.86 bits per heavy atom. The molecular weight excluding hydrogens is 362 g/mol. The van der Waals surface area contributed by atoms with E-state index in [1.165, 1.54) is 6.92 Å². The first kappa shape index (κ1) is 19.2. The summed E-state index contributed by atoms with van der Waals surface area (Å²) in [5.41, 5.74) is 1.86. The van der Waals surface area contributed by atoms with E-state index in [4.69, 9.17) is 13.9 Å². The molecule has 3 rings (SSSR count). The predicted molar refractivity (Wildman–Crippen MR) is 103 cm³/mol. The lowest BCUT2D eigenvalue weighted by Crippen LogP contribution is -2.22. The van der Waals surface area contributed by atoms with E-state index in [0.29, 0.717) is 28.1 Å². The number of ketones is 1. The first-order valence-corrected chi connectivity index (χ1v) is 8.54. The molecule has 1 heterocycles. The first-order valence-electron chi connectivity index (χ1n) is 8.54. The van der Waals surface area contributed by atoms with Gasteiger partial charge in [-0.25, -0.2) is 4.79 Å². The molecule has 0 aliphatic rings. The number of anilines is 1. The van der Waals surface area contributed by atoms with Crippen LogP contribution in [0, 0.1) is 6.92 Å². The number of ether oxygens (including phenoxy) is 2. The van der Waals surface area contributed by atoms with Crippen LogP contribution < -0.4 is 10.1 Å². The van der Waals surface area contributed by atoms with Crippen LogP contribution in [-0.2, 0) is 9.53 Å². The molecule has 0 unspecified atom stereocenters. The largest absolute Gasteiger partial charge is 0.497 e. The zero-order chi connectivity index (χ0) is 20.3. The van der Waals surface area contributed by atoms with Crippen molar-refractivity contribution in [2.24, 2.45) is 0 Å². The number of amides is 1. The molecule has 144 valence electrons. The Bertz CT molecular complexity index is 1070. The fourth-order valence-corrected chi connectivity index (χ4v) is 2.80. The van der Waals surface area contributed by atoms with Gasteiger partial charge < -0.3 is 19.2 Å². The van der Waals surface area contributed by atoms with Gasteiger partial charge >= 0.3 is 5.97 Å². The number of carbonyl (C=O) groups excluding carboxylic acids is 3. The van der Waals surface area contributed by atoms with E-state index < -0.39 is 18.5 Å². The molecule has 1 N–H and O–H groups in total. The molecule has 1 amide bonds. The summed E-state index contributed by atoms with van der Waals surface area (Å²) in [5, 5.41) is 3.30. The monoisotopic (exact) mass is 381 g/mol. The molecule has 2 aromatic carbocycles. The highest BCUT2D eigenvalue weighted by Crippen LogP contribution is 2.29. The van der Waals surface area contributed by atoms with Gasteiger partial charge in [0.15, 0.2) is 12.4 Å². The van der Waals surface area contributed by atoms with Crippen LogP contribution in [-0.4, -0.2) is 31.4 Å². The number of esters is 1. The highest BCUT2D eigenvalue weighted by molar-refractivity contribution is 6.04. The number of furan rings is 1. The molecule has 0 radical (unpaired) electrons. The summed E-state index contributed by atoms with van der Waals surface area (Å²) < 4.78 is 15.8. The smallest absolute Gasteiger partial charge is 0.375 e. The fourth-order valence-electron chi connectivity index (χ4n) is 2.80. The van der Waals surface area contributed by atoms with Crippen LogP contribution in [0.25, 0.3) is 11.0 Å². The van der Waals surface area contributed by atoms with E-state index in [2.05, 4.69) is 5.32 Å². The number of methoxy groups -OCH3 is 1. The normalized spacial score (nSPS) is 10.5. The van der Waals surface area contributed by atoms with E-state index >= 15 is 0 Å². The van der Waals surface area contributed by atoms with Crippen molar-refractivity contribution in [3.05, 3.63) is 59.4 Å². The third-order valence-corrected chi connectivity index (χ3v) is 4.24. The third kappa shape index (κ3) is 3.88. The Morgan fingerprint density at radius 3 is 2.57 bits per heavy atom. The van der Waals surface area contributed by atoms with Crippen LogP contribution in [0.15, 0.2) is 46.9 Å². The molecule has 0 aliphatic heterocycles. The van der Waals surface area contributed by atoms with E-state index in [0.717, 1.165) is 5.39 Å². The predicted octanol–water partition coefficient (Wildman–Crippen LogP) is 3.75. The van der Waals surface area contributed by atoms with Gasteiger partial charge in [0.1, 0.15) is 11.3 Å². The lowest BCUT2D eigenvalue weighted by molar-refractivity contribution is -0.119. The standard InChI is InChI=1S/C21H19NO6/c1-12-16-10-14(26-3)8-9-18(16)28-20(12)21(25)27-11-19(24)22-17-7-5-4-6-15(17)13(2)23/h4-10H,11H2,1-3H3,(H,22,24). The number of hydrogen-bond acceptors (Lipinski definition) is 6. The average molecular weight is 381 g/mol. The van der Waals surface area contributed by atoms with Crippen LogP contribution in [0.1, 0.15) is 33.4 Å². The van der Waals surface area contributed by atoms with Crippen LogP contribution >= 0.6 is 0 Å². The van der Waals surface area contributed by atoms with Gasteiger partial charge in [-0.3, -0.25) is 9.59 Å². The summed E-state index contributed by atoms with van der Waals surface area (Å²) in [6.07, 6.45) is 0. The van der Waals surface area contributed by atoms with Gasteiger partial charge in [-0.15, -0.1) is 0 Å². The number of para-hydroxylation sites is 1. The molecular formula is C21H19NO6. The summed E-state index contributed by atoms with van der Waals surface area (Å²) in [4.78, 5) is 36.1. The van der Waals surface area contributed by atoms with Gasteiger partial charge in [0.05, 0.1) is 12.8 Å². The molecule has 3 aromatic rings. The molecule has 0 aliphatic carbocycles. The minimum absolute atomic E-state index is 0.0280. The van der Waals surface area contributed by atoms with Crippen molar-refractivity contribution in [3.63, 3.8) is 0 Å². The van der Waals surface area contributed by atoms with Gasteiger partial charge in [0, 0.05) is 16.5 Å². The van der Waals surface area contributed by atoms with Crippen molar-refractivity contribution in [2.75, 3.05) is 19.0 Å². The van der Waals surface area contributed by atoms with Gasteiger partial charge in [-0.2, -0.15) is 0 Å². The van der Waals surface area contributed by atoms with Crippen molar-refractivity contribution >= 4 is 34.3 Å². The highest BCUT2D eigenvalue weighted by atomic mass is 16.5. The second kappa shape index (κ2) is 7.96. The van der Waals surface area contributed by atoms with Gasteiger partial charge in [-0.05, 0) is 44.2 Å². The SMILES string of the molecule is COc1ccc2oc(C(=O)OCC(=O)Nc3ccccc3C(C)=O)c(C)c2c1. The summed E-state index contributed by atoms with van der Waals surface area (Å²) in [5.74, 6) is -0.818. The molecule has 0 saturated heterocycles. The molecule has 0 atom stereocenters. The number of hydrogen-bond donors (Lipinski definition) is 1. The first-order chi connectivity index (χ1) is 13.4. The maximum Gasteiger partial charge on any atom is 0.375 e. The number of Topliss-reactive ketones (excluding diaryl/α,β-unsaturated/α-hetero) is 1. The van der Waals surface area contributed by atoms with Crippen molar-refractivity contribution in [1.29, 1.82) is 0 Å². The maximum atomic E-state index is 12.3. The Kier molecular flexibility index (Phi) is 5.44. The molecule has 7 heteroatoms. The van der Waals surface area contributed by atoms with Gasteiger partial charge in [-0.1, -0.05) is 12.1 Å². The Morgan fingerprint density at radius 1 is 1.11 bits per heavy atom. The molecule has 28 heavy (non-hydrogen) atoms. The highest BCUT2D eigenvalue weighted by Gasteiger charge is 2.21. The second-order valence-corrected chi connectivity index (χ2v) is 6.14. The summed E-state index contributed by atoms with van der Waals surface area (Å²) in [7, 11) is 1.55. The number of fused-ring (bicyclic) bond motifs is 1. The van der Waals surface area contributed by atoms with Crippen molar-refractivity contribution in [2.45, 2.75) is 13.8 Å². The third-order valence-electron chi connectivity index (χ3n) is 4.24. The zero-order valence-corrected chi connectivity index (χ0v) is 15.7. The Hall–Kier alpha value is -3.61. The summed E-state index contributed by atoms with van der Waals surface area (Å²) in [6.45, 7) is 2.63. The van der Waals surface area contributed by atoms with E-state index in [9.17, 15) is 14.4 Å². The van der Waals surface area contributed by atoms with E-state index in [1.807, 2.05) is 0 Å². The molecule has 0 saturated carbocycles. The van der Waals surface area contributed by atoms with Gasteiger partial charge in [0.25, 0.3) is 5.91 Å². The van der Waals surface area contributed by atoms with Crippen molar-refractivity contribution < 1.29 is 28.3 Å². The maximum absolute atomic E-state index is 12.3. The number of benzene rings is 2. The number of rotatable bonds is 6. The number of nitrogens with one attached hydrogen (secondary N) is 1. The lowest BCUT2D eigenvalue weighted by Gasteiger charge is -2.09. The summed E-state index contributed by atoms with van der Waals surface area (Å²) >= 11 is 0. The van der Waals surface area contributed by atoms with E-state index in [1.54, 1.807) is 56.5 Å². The number of aryl methyl sites for hydroxylation is 1. The molecule has 0 spiro atoms. The quantitative estimate of drug-likeness (QED) is 0.516. The molecule has 0 fully saturated rings. The van der Waals surface area contributed by atoms with Crippen LogP contribution in [0.3, 0.4) is 0 Å². The van der Waals surface area contributed by atoms with Gasteiger partial charge in [0.2, 0.25) is 5.76 Å². The van der Waals surface area contributed by atoms with Crippen molar-refractivity contribution in [1.82, 2.24) is 0 Å². The molecule has 1 aromatic heterocycles. The minimum atomic E-state index is -0.748. The fraction of sp³-hybridized carbons (Fsp3) is 0.190.